The molecule has 2 heterocycles. The number of nitrogens with zero attached hydrogens (tertiary/aromatic N) is 1. The molecule has 1 saturated carbocycles. The fourth-order valence-corrected chi connectivity index (χ4v) is 2.39. The number of hydrogen-bond acceptors (Lipinski definition) is 4. The van der Waals surface area contributed by atoms with Crippen LogP contribution >= 0.6 is 0 Å². The normalized spacial score (nSPS) is 25.5. The van der Waals surface area contributed by atoms with Crippen molar-refractivity contribution < 1.29 is 9.15 Å². The van der Waals surface area contributed by atoms with Crippen LogP contribution in [0.25, 0.3) is 0 Å². The van der Waals surface area contributed by atoms with Gasteiger partial charge in [-0.05, 0) is 25.8 Å². The highest BCUT2D eigenvalue weighted by molar-refractivity contribution is 5.17. The molecule has 18 heavy (non-hydrogen) atoms. The molecule has 1 N–H and O–H groups in total. The summed E-state index contributed by atoms with van der Waals surface area (Å²) in [5.41, 5.74) is 1.31. The fraction of sp³-hybridized carbons (Fsp3) is 0.714. The summed E-state index contributed by atoms with van der Waals surface area (Å²) in [6, 6.07) is 3.32. The van der Waals surface area contributed by atoms with Gasteiger partial charge < -0.3 is 14.5 Å². The van der Waals surface area contributed by atoms with Gasteiger partial charge in [-0.3, -0.25) is 4.90 Å². The molecule has 1 aliphatic heterocycles. The van der Waals surface area contributed by atoms with Gasteiger partial charge >= 0.3 is 0 Å². The van der Waals surface area contributed by atoms with Gasteiger partial charge in [0, 0.05) is 30.7 Å². The number of rotatable bonds is 5. The predicted octanol–water partition coefficient (Wildman–Crippen LogP) is 1.75. The Kier molecular flexibility index (Phi) is 3.68. The lowest BCUT2D eigenvalue weighted by Crippen LogP contribution is -2.43. The first kappa shape index (κ1) is 12.2. The van der Waals surface area contributed by atoms with E-state index in [4.69, 9.17) is 9.15 Å². The Morgan fingerprint density at radius 2 is 2.33 bits per heavy atom. The van der Waals surface area contributed by atoms with Gasteiger partial charge in [-0.2, -0.15) is 0 Å². The van der Waals surface area contributed by atoms with E-state index in [0.29, 0.717) is 6.04 Å². The van der Waals surface area contributed by atoms with Crippen LogP contribution < -0.4 is 5.32 Å². The van der Waals surface area contributed by atoms with Crippen molar-refractivity contribution in [2.45, 2.75) is 44.9 Å². The van der Waals surface area contributed by atoms with E-state index in [-0.39, 0.29) is 0 Å². The maximum atomic E-state index is 5.65. The van der Waals surface area contributed by atoms with Crippen LogP contribution in [0.2, 0.25) is 0 Å². The summed E-state index contributed by atoms with van der Waals surface area (Å²) in [5.74, 6) is 1.11. The zero-order valence-electron chi connectivity index (χ0n) is 11.0. The quantitative estimate of drug-likeness (QED) is 0.864. The van der Waals surface area contributed by atoms with Crippen molar-refractivity contribution >= 4 is 0 Å². The van der Waals surface area contributed by atoms with E-state index in [2.05, 4.69) is 23.2 Å². The molecular formula is C14H22N2O2. The van der Waals surface area contributed by atoms with E-state index >= 15 is 0 Å². The van der Waals surface area contributed by atoms with E-state index in [9.17, 15) is 0 Å². The van der Waals surface area contributed by atoms with Gasteiger partial charge in [0.25, 0.3) is 0 Å². The van der Waals surface area contributed by atoms with Crippen LogP contribution in [0.3, 0.4) is 0 Å². The van der Waals surface area contributed by atoms with Gasteiger partial charge in [0.1, 0.15) is 5.76 Å². The summed E-state index contributed by atoms with van der Waals surface area (Å²) in [6.45, 7) is 6.72. The summed E-state index contributed by atoms with van der Waals surface area (Å²) in [5, 5.41) is 3.54. The molecule has 4 nitrogen and oxygen atoms in total. The number of furan rings is 1. The first-order chi connectivity index (χ1) is 8.83. The molecule has 2 fully saturated rings. The van der Waals surface area contributed by atoms with Crippen LogP contribution in [-0.4, -0.2) is 36.7 Å². The molecule has 100 valence electrons. The van der Waals surface area contributed by atoms with Crippen LogP contribution in [0.4, 0.5) is 0 Å². The van der Waals surface area contributed by atoms with Gasteiger partial charge in [-0.15, -0.1) is 0 Å². The minimum absolute atomic E-state index is 0.480. The minimum Gasteiger partial charge on any atom is -0.468 e. The van der Waals surface area contributed by atoms with Gasteiger partial charge in [-0.25, -0.2) is 0 Å². The highest BCUT2D eigenvalue weighted by Gasteiger charge is 2.23. The number of morpholine rings is 1. The molecule has 0 aromatic carbocycles. The molecule has 0 radical (unpaired) electrons. The predicted molar refractivity (Wildman–Crippen MR) is 69.3 cm³/mol. The summed E-state index contributed by atoms with van der Waals surface area (Å²) < 4.78 is 11.1. The van der Waals surface area contributed by atoms with E-state index in [1.165, 1.54) is 18.4 Å². The Morgan fingerprint density at radius 3 is 3.11 bits per heavy atom. The Morgan fingerprint density at radius 1 is 1.44 bits per heavy atom. The largest absolute Gasteiger partial charge is 0.468 e. The molecule has 1 unspecified atom stereocenters. The molecule has 1 saturated heterocycles. The molecule has 0 amide bonds. The average Bonchev–Trinajstić information content (AvgIpc) is 3.10. The zero-order chi connectivity index (χ0) is 12.4. The van der Waals surface area contributed by atoms with E-state index < -0.39 is 0 Å². The van der Waals surface area contributed by atoms with Crippen molar-refractivity contribution in [3.8, 4) is 0 Å². The molecule has 1 atom stereocenters. The summed E-state index contributed by atoms with van der Waals surface area (Å²) in [4.78, 5) is 2.43. The first-order valence-electron chi connectivity index (χ1n) is 6.93. The van der Waals surface area contributed by atoms with Crippen LogP contribution in [-0.2, 0) is 17.8 Å². The van der Waals surface area contributed by atoms with E-state index in [1.807, 2.05) is 6.26 Å². The van der Waals surface area contributed by atoms with Crippen molar-refractivity contribution in [3.63, 3.8) is 0 Å². The zero-order valence-corrected chi connectivity index (χ0v) is 11.0. The number of nitrogens with one attached hydrogen (secondary N) is 1. The second-order valence-electron chi connectivity index (χ2n) is 5.42. The van der Waals surface area contributed by atoms with Gasteiger partial charge in [-0.1, -0.05) is 0 Å². The Labute approximate surface area is 108 Å². The molecule has 0 bridgehead atoms. The van der Waals surface area contributed by atoms with Crippen LogP contribution in [0, 0.1) is 0 Å². The lowest BCUT2D eigenvalue weighted by atomic mass is 10.2. The maximum absolute atomic E-state index is 5.65. The van der Waals surface area contributed by atoms with Crippen molar-refractivity contribution in [3.05, 3.63) is 23.7 Å². The Balaban J connectivity index is 1.58. The second kappa shape index (κ2) is 5.43. The van der Waals surface area contributed by atoms with Crippen molar-refractivity contribution in [1.82, 2.24) is 10.2 Å². The maximum Gasteiger partial charge on any atom is 0.122 e. The van der Waals surface area contributed by atoms with Crippen LogP contribution in [0.15, 0.2) is 16.7 Å². The van der Waals surface area contributed by atoms with E-state index in [1.54, 1.807) is 0 Å². The van der Waals surface area contributed by atoms with Gasteiger partial charge in [0.15, 0.2) is 0 Å². The topological polar surface area (TPSA) is 37.6 Å². The third-order valence-corrected chi connectivity index (χ3v) is 3.85. The summed E-state index contributed by atoms with van der Waals surface area (Å²) >= 11 is 0. The first-order valence-corrected chi connectivity index (χ1v) is 6.93. The number of hydrogen-bond donors (Lipinski definition) is 1. The standard InChI is InChI=1S/C14H22N2O2/c1-11-10-17-7-5-16(11)9-14-12(4-6-18-14)8-15-13-2-3-13/h4,6,11,13,15H,2-3,5,7-10H2,1H3. The third-order valence-electron chi connectivity index (χ3n) is 3.85. The lowest BCUT2D eigenvalue weighted by Gasteiger charge is -2.32. The molecule has 2 aliphatic rings. The van der Waals surface area contributed by atoms with E-state index in [0.717, 1.165) is 44.7 Å². The van der Waals surface area contributed by atoms with Gasteiger partial charge in [0.2, 0.25) is 0 Å². The highest BCUT2D eigenvalue weighted by Crippen LogP contribution is 2.21. The molecular weight excluding hydrogens is 228 g/mol. The third kappa shape index (κ3) is 2.94. The molecule has 4 heteroatoms. The molecule has 1 aliphatic carbocycles. The van der Waals surface area contributed by atoms with Crippen molar-refractivity contribution in [2.24, 2.45) is 0 Å². The molecule has 1 aromatic rings. The number of ether oxygens (including phenoxy) is 1. The monoisotopic (exact) mass is 250 g/mol. The Bertz CT molecular complexity index is 387. The minimum atomic E-state index is 0.480. The summed E-state index contributed by atoms with van der Waals surface area (Å²) in [6.07, 6.45) is 4.46. The van der Waals surface area contributed by atoms with Gasteiger partial charge in [0.05, 0.1) is 26.0 Å². The van der Waals surface area contributed by atoms with Crippen molar-refractivity contribution in [2.75, 3.05) is 19.8 Å². The highest BCUT2D eigenvalue weighted by atomic mass is 16.5. The molecule has 1 aromatic heterocycles. The van der Waals surface area contributed by atoms with Crippen LogP contribution in [0.5, 0.6) is 0 Å². The van der Waals surface area contributed by atoms with Crippen LogP contribution in [0.1, 0.15) is 31.1 Å². The Hall–Kier alpha value is -0.840. The molecule has 0 spiro atoms. The SMILES string of the molecule is CC1COCCN1Cc1occc1CNC1CC1. The smallest absolute Gasteiger partial charge is 0.122 e. The second-order valence-corrected chi connectivity index (χ2v) is 5.42. The van der Waals surface area contributed by atoms with Crippen molar-refractivity contribution in [1.29, 1.82) is 0 Å². The fourth-order valence-electron chi connectivity index (χ4n) is 2.39. The molecule has 3 rings (SSSR count). The summed E-state index contributed by atoms with van der Waals surface area (Å²) in [7, 11) is 0. The lowest BCUT2D eigenvalue weighted by molar-refractivity contribution is -0.00725. The average molecular weight is 250 g/mol.